The van der Waals surface area contributed by atoms with Crippen molar-refractivity contribution in [3.8, 4) is 5.88 Å². The fourth-order valence-electron chi connectivity index (χ4n) is 2.59. The molecule has 22 heavy (non-hydrogen) atoms. The molecule has 0 aliphatic carbocycles. The molecule has 1 saturated heterocycles. The molecule has 7 nitrogen and oxygen atoms in total. The highest BCUT2D eigenvalue weighted by Gasteiger charge is 2.28. The van der Waals surface area contributed by atoms with Crippen LogP contribution in [0.15, 0.2) is 30.6 Å². The van der Waals surface area contributed by atoms with E-state index in [0.29, 0.717) is 24.2 Å². The minimum Gasteiger partial charge on any atom is -0.481 e. The van der Waals surface area contributed by atoms with Crippen molar-refractivity contribution in [2.24, 2.45) is 5.92 Å². The number of hydrogen-bond acceptors (Lipinski definition) is 7. The van der Waals surface area contributed by atoms with Crippen LogP contribution in [0.25, 0.3) is 0 Å². The minimum absolute atomic E-state index is 0.173. The van der Waals surface area contributed by atoms with Crippen LogP contribution in [0.5, 0.6) is 5.88 Å². The standard InChI is InChI=1S/C15H19N5O2/c1-21-14-7-13(19-15(16)20-14)18-12-9-22-8-11(12)6-10-2-4-17-5-3-10/h2-5,7,11-12H,6,8-9H2,1H3,(H3,16,18,19,20)/t11-,12+/m1/s1. The molecule has 116 valence electrons. The van der Waals surface area contributed by atoms with Gasteiger partial charge in [0, 0.05) is 24.4 Å². The summed E-state index contributed by atoms with van der Waals surface area (Å²) in [5.41, 5.74) is 6.93. The van der Waals surface area contributed by atoms with Crippen LogP contribution in [-0.4, -0.2) is 41.3 Å². The summed E-state index contributed by atoms with van der Waals surface area (Å²) in [6, 6.07) is 5.97. The van der Waals surface area contributed by atoms with Gasteiger partial charge >= 0.3 is 0 Å². The van der Waals surface area contributed by atoms with Crippen molar-refractivity contribution in [2.45, 2.75) is 12.5 Å². The summed E-state index contributed by atoms with van der Waals surface area (Å²) in [7, 11) is 1.55. The molecule has 2 aromatic rings. The molecule has 0 saturated carbocycles. The van der Waals surface area contributed by atoms with Crippen LogP contribution in [-0.2, 0) is 11.2 Å². The molecule has 1 aliphatic heterocycles. The van der Waals surface area contributed by atoms with Crippen LogP contribution in [0.3, 0.4) is 0 Å². The lowest BCUT2D eigenvalue weighted by molar-refractivity contribution is 0.185. The number of pyridine rings is 1. The Balaban J connectivity index is 1.70. The number of nitrogens with zero attached hydrogens (tertiary/aromatic N) is 3. The molecule has 7 heteroatoms. The third-order valence-corrected chi connectivity index (χ3v) is 3.71. The van der Waals surface area contributed by atoms with Gasteiger partial charge in [0.05, 0.1) is 26.4 Å². The van der Waals surface area contributed by atoms with Gasteiger partial charge in [0.1, 0.15) is 5.82 Å². The molecule has 3 N–H and O–H groups in total. The highest BCUT2D eigenvalue weighted by molar-refractivity contribution is 5.44. The number of hydrogen-bond donors (Lipinski definition) is 2. The van der Waals surface area contributed by atoms with Crippen molar-refractivity contribution in [3.63, 3.8) is 0 Å². The smallest absolute Gasteiger partial charge is 0.225 e. The van der Waals surface area contributed by atoms with E-state index in [-0.39, 0.29) is 12.0 Å². The fourth-order valence-corrected chi connectivity index (χ4v) is 2.59. The third-order valence-electron chi connectivity index (χ3n) is 3.71. The Bertz CT molecular complexity index is 623. The van der Waals surface area contributed by atoms with Gasteiger partial charge in [0.25, 0.3) is 0 Å². The molecule has 0 spiro atoms. The van der Waals surface area contributed by atoms with Gasteiger partial charge in [0.2, 0.25) is 11.8 Å². The van der Waals surface area contributed by atoms with Crippen LogP contribution >= 0.6 is 0 Å². The van der Waals surface area contributed by atoms with Crippen molar-refractivity contribution in [1.82, 2.24) is 15.0 Å². The molecule has 0 radical (unpaired) electrons. The largest absolute Gasteiger partial charge is 0.481 e. The Hall–Kier alpha value is -2.41. The Kier molecular flexibility index (Phi) is 4.34. The number of nitrogens with two attached hydrogens (primary N) is 1. The first kappa shape index (κ1) is 14.5. The molecule has 2 aromatic heterocycles. The quantitative estimate of drug-likeness (QED) is 0.854. The maximum atomic E-state index is 5.69. The van der Waals surface area contributed by atoms with E-state index in [4.69, 9.17) is 15.2 Å². The third kappa shape index (κ3) is 3.43. The predicted molar refractivity (Wildman–Crippen MR) is 82.7 cm³/mol. The van der Waals surface area contributed by atoms with Gasteiger partial charge in [-0.2, -0.15) is 9.97 Å². The van der Waals surface area contributed by atoms with Crippen molar-refractivity contribution >= 4 is 11.8 Å². The second kappa shape index (κ2) is 6.57. The zero-order valence-electron chi connectivity index (χ0n) is 12.4. The molecule has 3 heterocycles. The highest BCUT2D eigenvalue weighted by Crippen LogP contribution is 2.23. The maximum absolute atomic E-state index is 5.69. The molecule has 0 aromatic carbocycles. The topological polar surface area (TPSA) is 95.2 Å². The predicted octanol–water partition coefficient (Wildman–Crippen LogP) is 1.13. The van der Waals surface area contributed by atoms with Crippen LogP contribution in [0, 0.1) is 5.92 Å². The van der Waals surface area contributed by atoms with Crippen molar-refractivity contribution in [3.05, 3.63) is 36.2 Å². The van der Waals surface area contributed by atoms with Crippen LogP contribution in [0.2, 0.25) is 0 Å². The van der Waals surface area contributed by atoms with Gasteiger partial charge in [-0.25, -0.2) is 0 Å². The van der Waals surface area contributed by atoms with Crippen molar-refractivity contribution in [1.29, 1.82) is 0 Å². The van der Waals surface area contributed by atoms with Crippen LogP contribution in [0.4, 0.5) is 11.8 Å². The summed E-state index contributed by atoms with van der Waals surface area (Å²) in [5.74, 6) is 1.65. The van der Waals surface area contributed by atoms with Crippen molar-refractivity contribution < 1.29 is 9.47 Å². The van der Waals surface area contributed by atoms with E-state index in [1.165, 1.54) is 5.56 Å². The lowest BCUT2D eigenvalue weighted by atomic mass is 9.95. The first-order valence-electron chi connectivity index (χ1n) is 7.16. The molecule has 0 unspecified atom stereocenters. The average molecular weight is 301 g/mol. The van der Waals surface area contributed by atoms with E-state index in [1.807, 2.05) is 24.5 Å². The monoisotopic (exact) mass is 301 g/mol. The summed E-state index contributed by atoms with van der Waals surface area (Å²) < 4.78 is 10.7. The van der Waals surface area contributed by atoms with E-state index in [2.05, 4.69) is 20.3 Å². The Labute approximate surface area is 128 Å². The number of rotatable bonds is 5. The lowest BCUT2D eigenvalue weighted by Crippen LogP contribution is -2.29. The van der Waals surface area contributed by atoms with Crippen molar-refractivity contribution in [2.75, 3.05) is 31.4 Å². The van der Waals surface area contributed by atoms with Gasteiger partial charge in [-0.05, 0) is 24.1 Å². The zero-order chi connectivity index (χ0) is 15.4. The molecule has 1 aliphatic rings. The van der Waals surface area contributed by atoms with Gasteiger partial charge in [-0.1, -0.05) is 0 Å². The normalized spacial score (nSPS) is 20.8. The van der Waals surface area contributed by atoms with E-state index in [0.717, 1.165) is 13.0 Å². The molecule has 2 atom stereocenters. The summed E-state index contributed by atoms with van der Waals surface area (Å²) in [4.78, 5) is 12.2. The highest BCUT2D eigenvalue weighted by atomic mass is 16.5. The SMILES string of the molecule is COc1cc(N[C@H]2COC[C@H]2Cc2ccncc2)nc(N)n1. The van der Waals surface area contributed by atoms with Gasteiger partial charge < -0.3 is 20.5 Å². The number of nitrogens with one attached hydrogen (secondary N) is 1. The summed E-state index contributed by atoms with van der Waals surface area (Å²) in [5, 5.41) is 3.38. The molecule has 1 fully saturated rings. The lowest BCUT2D eigenvalue weighted by Gasteiger charge is -2.20. The number of nitrogen functional groups attached to an aromatic ring is 1. The second-order valence-corrected chi connectivity index (χ2v) is 5.26. The molecule has 0 amide bonds. The van der Waals surface area contributed by atoms with Gasteiger partial charge in [-0.3, -0.25) is 4.98 Å². The minimum atomic E-state index is 0.173. The molecular weight excluding hydrogens is 282 g/mol. The molecular formula is C15H19N5O2. The molecule has 3 rings (SSSR count). The van der Waals surface area contributed by atoms with Gasteiger partial charge in [0.15, 0.2) is 0 Å². The number of aromatic nitrogens is 3. The fraction of sp³-hybridized carbons (Fsp3) is 0.400. The summed E-state index contributed by atoms with van der Waals surface area (Å²) >= 11 is 0. The number of ether oxygens (including phenoxy) is 2. The first-order valence-corrected chi connectivity index (χ1v) is 7.16. The van der Waals surface area contributed by atoms with E-state index in [9.17, 15) is 0 Å². The van der Waals surface area contributed by atoms with Crippen LogP contribution in [0.1, 0.15) is 5.56 Å². The van der Waals surface area contributed by atoms with E-state index in [1.54, 1.807) is 13.2 Å². The Morgan fingerprint density at radius 2 is 2.14 bits per heavy atom. The van der Waals surface area contributed by atoms with Gasteiger partial charge in [-0.15, -0.1) is 0 Å². The number of methoxy groups -OCH3 is 1. The second-order valence-electron chi connectivity index (χ2n) is 5.26. The number of anilines is 2. The first-order chi connectivity index (χ1) is 10.7. The van der Waals surface area contributed by atoms with E-state index < -0.39 is 0 Å². The van der Waals surface area contributed by atoms with E-state index >= 15 is 0 Å². The van der Waals surface area contributed by atoms with Crippen LogP contribution < -0.4 is 15.8 Å². The maximum Gasteiger partial charge on any atom is 0.225 e. The summed E-state index contributed by atoms with van der Waals surface area (Å²) in [6.45, 7) is 1.36. The average Bonchev–Trinajstić information content (AvgIpc) is 2.94. The Morgan fingerprint density at radius 1 is 1.32 bits per heavy atom. The molecule has 0 bridgehead atoms. The zero-order valence-corrected chi connectivity index (χ0v) is 12.4. The Morgan fingerprint density at radius 3 is 2.91 bits per heavy atom. The summed E-state index contributed by atoms with van der Waals surface area (Å²) in [6.07, 6.45) is 4.55.